The van der Waals surface area contributed by atoms with Gasteiger partial charge in [-0.05, 0) is 38.1 Å². The second-order valence-electron chi connectivity index (χ2n) is 5.64. The lowest BCUT2D eigenvalue weighted by molar-refractivity contribution is 0.102. The van der Waals surface area contributed by atoms with Crippen LogP contribution in [-0.4, -0.2) is 29.0 Å². The van der Waals surface area contributed by atoms with Gasteiger partial charge in [-0.1, -0.05) is 12.1 Å². The fourth-order valence-corrected chi connectivity index (χ4v) is 2.66. The predicted molar refractivity (Wildman–Crippen MR) is 97.4 cm³/mol. The molecule has 134 valence electrons. The van der Waals surface area contributed by atoms with E-state index in [2.05, 4.69) is 15.3 Å². The standard InChI is InChI=1S/C19H18F2N4O/c1-3-25(4-2)18-17(22-15-7-5-6-8-16(15)23-18)19(26)24-14-10-9-12(20)11-13(14)21/h5-11H,3-4H2,1-2H3,(H,24,26). The normalized spacial score (nSPS) is 10.8. The average molecular weight is 356 g/mol. The summed E-state index contributed by atoms with van der Waals surface area (Å²) in [5.74, 6) is -1.74. The van der Waals surface area contributed by atoms with Crippen LogP contribution in [-0.2, 0) is 0 Å². The van der Waals surface area contributed by atoms with E-state index in [0.29, 0.717) is 36.0 Å². The van der Waals surface area contributed by atoms with Crippen LogP contribution in [0.4, 0.5) is 20.3 Å². The quantitative estimate of drug-likeness (QED) is 0.750. The van der Waals surface area contributed by atoms with Gasteiger partial charge in [-0.3, -0.25) is 4.79 Å². The van der Waals surface area contributed by atoms with Gasteiger partial charge in [-0.2, -0.15) is 0 Å². The summed E-state index contributed by atoms with van der Waals surface area (Å²) in [6.45, 7) is 5.16. The van der Waals surface area contributed by atoms with Crippen molar-refractivity contribution < 1.29 is 13.6 Å². The van der Waals surface area contributed by atoms with Gasteiger partial charge in [0.15, 0.2) is 11.5 Å². The number of carbonyl (C=O) groups excluding carboxylic acids is 1. The summed E-state index contributed by atoms with van der Waals surface area (Å²) >= 11 is 0. The number of nitrogens with one attached hydrogen (secondary N) is 1. The van der Waals surface area contributed by atoms with E-state index in [1.54, 1.807) is 12.1 Å². The smallest absolute Gasteiger partial charge is 0.278 e. The van der Waals surface area contributed by atoms with Gasteiger partial charge in [0.25, 0.3) is 5.91 Å². The van der Waals surface area contributed by atoms with Gasteiger partial charge in [-0.15, -0.1) is 0 Å². The molecular weight excluding hydrogens is 338 g/mol. The number of amides is 1. The molecule has 0 atom stereocenters. The molecule has 0 aliphatic carbocycles. The van der Waals surface area contributed by atoms with Crippen molar-refractivity contribution in [1.82, 2.24) is 9.97 Å². The van der Waals surface area contributed by atoms with Gasteiger partial charge in [0.05, 0.1) is 16.7 Å². The molecule has 1 heterocycles. The van der Waals surface area contributed by atoms with Crippen molar-refractivity contribution in [3.8, 4) is 0 Å². The van der Waals surface area contributed by atoms with Crippen LogP contribution in [0.25, 0.3) is 11.0 Å². The molecular formula is C19H18F2N4O. The van der Waals surface area contributed by atoms with Crippen molar-refractivity contribution in [1.29, 1.82) is 0 Å². The van der Waals surface area contributed by atoms with Crippen molar-refractivity contribution in [3.63, 3.8) is 0 Å². The first-order chi connectivity index (χ1) is 12.5. The highest BCUT2D eigenvalue weighted by Gasteiger charge is 2.21. The zero-order valence-electron chi connectivity index (χ0n) is 14.5. The molecule has 0 fully saturated rings. The fraction of sp³-hybridized carbons (Fsp3) is 0.211. The molecule has 0 aliphatic heterocycles. The van der Waals surface area contributed by atoms with Crippen LogP contribution in [0.5, 0.6) is 0 Å². The minimum Gasteiger partial charge on any atom is -0.355 e. The zero-order valence-corrected chi connectivity index (χ0v) is 14.5. The Hall–Kier alpha value is -3.09. The lowest BCUT2D eigenvalue weighted by atomic mass is 10.2. The molecule has 0 unspecified atom stereocenters. The number of fused-ring (bicyclic) bond motifs is 1. The number of rotatable bonds is 5. The summed E-state index contributed by atoms with van der Waals surface area (Å²) in [7, 11) is 0. The van der Waals surface area contributed by atoms with E-state index in [0.717, 1.165) is 6.07 Å². The predicted octanol–water partition coefficient (Wildman–Crippen LogP) is 4.01. The van der Waals surface area contributed by atoms with E-state index < -0.39 is 17.5 Å². The molecule has 1 aromatic heterocycles. The summed E-state index contributed by atoms with van der Waals surface area (Å²) in [4.78, 5) is 23.6. The molecule has 0 saturated heterocycles. The van der Waals surface area contributed by atoms with Crippen molar-refractivity contribution >= 4 is 28.4 Å². The Morgan fingerprint density at radius 3 is 2.31 bits per heavy atom. The number of para-hydroxylation sites is 2. The molecule has 1 N–H and O–H groups in total. The summed E-state index contributed by atoms with van der Waals surface area (Å²) in [6.07, 6.45) is 0. The van der Waals surface area contributed by atoms with Crippen LogP contribution in [0, 0.1) is 11.6 Å². The molecule has 0 radical (unpaired) electrons. The lowest BCUT2D eigenvalue weighted by Gasteiger charge is -2.22. The molecule has 3 aromatic rings. The minimum absolute atomic E-state index is 0.0936. The first-order valence-corrected chi connectivity index (χ1v) is 8.31. The topological polar surface area (TPSA) is 58.1 Å². The first-order valence-electron chi connectivity index (χ1n) is 8.31. The van der Waals surface area contributed by atoms with Crippen LogP contribution in [0.1, 0.15) is 24.3 Å². The molecule has 3 rings (SSSR count). The minimum atomic E-state index is -0.850. The number of hydrogen-bond donors (Lipinski definition) is 1. The molecule has 0 aliphatic rings. The van der Waals surface area contributed by atoms with Crippen LogP contribution in [0.15, 0.2) is 42.5 Å². The SMILES string of the molecule is CCN(CC)c1nc2ccccc2nc1C(=O)Nc1ccc(F)cc1F. The molecule has 2 aromatic carbocycles. The largest absolute Gasteiger partial charge is 0.355 e. The van der Waals surface area contributed by atoms with Gasteiger partial charge in [0.2, 0.25) is 0 Å². The second kappa shape index (κ2) is 7.43. The van der Waals surface area contributed by atoms with E-state index in [9.17, 15) is 13.6 Å². The van der Waals surface area contributed by atoms with Crippen LogP contribution < -0.4 is 10.2 Å². The summed E-state index contributed by atoms with van der Waals surface area (Å²) < 4.78 is 26.9. The van der Waals surface area contributed by atoms with Crippen LogP contribution in [0.3, 0.4) is 0 Å². The van der Waals surface area contributed by atoms with Crippen LogP contribution >= 0.6 is 0 Å². The van der Waals surface area contributed by atoms with E-state index in [1.807, 2.05) is 30.9 Å². The van der Waals surface area contributed by atoms with Crippen molar-refractivity contribution in [2.45, 2.75) is 13.8 Å². The molecule has 1 amide bonds. The molecule has 5 nitrogen and oxygen atoms in total. The Kier molecular flexibility index (Phi) is 5.06. The number of anilines is 2. The van der Waals surface area contributed by atoms with E-state index in [-0.39, 0.29) is 11.4 Å². The van der Waals surface area contributed by atoms with Crippen molar-refractivity contribution in [3.05, 3.63) is 59.8 Å². The molecule has 26 heavy (non-hydrogen) atoms. The second-order valence-corrected chi connectivity index (χ2v) is 5.64. The van der Waals surface area contributed by atoms with Crippen molar-refractivity contribution in [2.75, 3.05) is 23.3 Å². The Bertz CT molecular complexity index is 957. The highest BCUT2D eigenvalue weighted by Crippen LogP contribution is 2.23. The number of aromatic nitrogens is 2. The number of nitrogens with zero attached hydrogens (tertiary/aromatic N) is 3. The third-order valence-electron chi connectivity index (χ3n) is 4.01. The Balaban J connectivity index is 2.06. The van der Waals surface area contributed by atoms with Gasteiger partial charge in [0.1, 0.15) is 11.6 Å². The molecule has 0 bridgehead atoms. The number of carbonyl (C=O) groups is 1. The fourth-order valence-electron chi connectivity index (χ4n) is 2.66. The van der Waals surface area contributed by atoms with Gasteiger partial charge < -0.3 is 10.2 Å². The number of halogens is 2. The molecule has 0 saturated carbocycles. The summed E-state index contributed by atoms with van der Waals surface area (Å²) in [6, 6.07) is 10.2. The first kappa shape index (κ1) is 17.7. The maximum atomic E-state index is 13.9. The van der Waals surface area contributed by atoms with E-state index in [1.165, 1.54) is 6.07 Å². The Morgan fingerprint density at radius 1 is 1.04 bits per heavy atom. The number of benzene rings is 2. The molecule has 0 spiro atoms. The van der Waals surface area contributed by atoms with Gasteiger partial charge >= 0.3 is 0 Å². The zero-order chi connectivity index (χ0) is 18.7. The number of hydrogen-bond acceptors (Lipinski definition) is 4. The highest BCUT2D eigenvalue weighted by atomic mass is 19.1. The maximum absolute atomic E-state index is 13.9. The maximum Gasteiger partial charge on any atom is 0.278 e. The van der Waals surface area contributed by atoms with Gasteiger partial charge in [0, 0.05) is 19.2 Å². The van der Waals surface area contributed by atoms with Crippen LogP contribution in [0.2, 0.25) is 0 Å². The average Bonchev–Trinajstić information content (AvgIpc) is 2.64. The van der Waals surface area contributed by atoms with Gasteiger partial charge in [-0.25, -0.2) is 18.7 Å². The summed E-state index contributed by atoms with van der Waals surface area (Å²) in [5.41, 5.74) is 1.21. The third-order valence-corrected chi connectivity index (χ3v) is 4.01. The Morgan fingerprint density at radius 2 is 1.69 bits per heavy atom. The monoisotopic (exact) mass is 356 g/mol. The van der Waals surface area contributed by atoms with E-state index in [4.69, 9.17) is 0 Å². The van der Waals surface area contributed by atoms with E-state index >= 15 is 0 Å². The highest BCUT2D eigenvalue weighted by molar-refractivity contribution is 6.07. The molecule has 7 heteroatoms. The third kappa shape index (κ3) is 3.46. The summed E-state index contributed by atoms with van der Waals surface area (Å²) in [5, 5.41) is 2.45. The lowest BCUT2D eigenvalue weighted by Crippen LogP contribution is -2.28. The Labute approximate surface area is 149 Å². The van der Waals surface area contributed by atoms with Crippen molar-refractivity contribution in [2.24, 2.45) is 0 Å².